The number of ether oxygens (including phenoxy) is 1. The molecule has 1 aliphatic carbocycles. The largest absolute Gasteiger partial charge is 0.491 e. The highest BCUT2D eigenvalue weighted by Gasteiger charge is 2.31. The van der Waals surface area contributed by atoms with Crippen LogP contribution in [0.3, 0.4) is 0 Å². The van der Waals surface area contributed by atoms with Crippen LogP contribution in [0.15, 0.2) is 24.3 Å². The van der Waals surface area contributed by atoms with E-state index in [1.807, 2.05) is 45.0 Å². The average molecular weight is 320 g/mol. The predicted octanol–water partition coefficient (Wildman–Crippen LogP) is 2.95. The number of nitrogens with one attached hydrogen (secondary N) is 1. The molecule has 1 fully saturated rings. The number of hydrogen-bond acceptors (Lipinski definition) is 3. The van der Waals surface area contributed by atoms with Gasteiger partial charge in [0.2, 0.25) is 0 Å². The summed E-state index contributed by atoms with van der Waals surface area (Å²) in [7, 11) is 1.71. The third-order valence-electron chi connectivity index (χ3n) is 4.04. The summed E-state index contributed by atoms with van der Waals surface area (Å²) < 4.78 is 5.69. The van der Waals surface area contributed by atoms with Crippen LogP contribution >= 0.6 is 0 Å². The van der Waals surface area contributed by atoms with Crippen LogP contribution < -0.4 is 10.1 Å². The molecule has 5 nitrogen and oxygen atoms in total. The van der Waals surface area contributed by atoms with Gasteiger partial charge in [0.25, 0.3) is 0 Å². The van der Waals surface area contributed by atoms with Crippen LogP contribution in [-0.2, 0) is 0 Å². The zero-order chi connectivity index (χ0) is 17.0. The van der Waals surface area contributed by atoms with Crippen LogP contribution in [0.25, 0.3) is 0 Å². The summed E-state index contributed by atoms with van der Waals surface area (Å²) in [4.78, 5) is 13.8. The number of aliphatic hydroxyl groups excluding tert-OH is 1. The Morgan fingerprint density at radius 2 is 2.09 bits per heavy atom. The van der Waals surface area contributed by atoms with Gasteiger partial charge in [0.05, 0.1) is 18.2 Å². The number of amides is 2. The third kappa shape index (κ3) is 5.43. The van der Waals surface area contributed by atoms with Gasteiger partial charge in [-0.25, -0.2) is 4.79 Å². The Bertz CT molecular complexity index is 529. The predicted molar refractivity (Wildman–Crippen MR) is 90.5 cm³/mol. The van der Waals surface area contributed by atoms with E-state index in [9.17, 15) is 9.90 Å². The van der Waals surface area contributed by atoms with E-state index in [-0.39, 0.29) is 18.2 Å². The van der Waals surface area contributed by atoms with Crippen molar-refractivity contribution in [1.29, 1.82) is 0 Å². The zero-order valence-electron chi connectivity index (χ0n) is 14.5. The number of carbonyl (C=O) groups is 1. The number of hydrogen-bond donors (Lipinski definition) is 2. The summed E-state index contributed by atoms with van der Waals surface area (Å²) in [6, 6.07) is 7.46. The van der Waals surface area contributed by atoms with Crippen molar-refractivity contribution >= 4 is 6.03 Å². The van der Waals surface area contributed by atoms with Crippen LogP contribution in [0.1, 0.15) is 45.2 Å². The summed E-state index contributed by atoms with van der Waals surface area (Å²) in [5.41, 5.74) is 0.993. The molecule has 2 amide bonds. The van der Waals surface area contributed by atoms with Crippen molar-refractivity contribution in [3.05, 3.63) is 29.8 Å². The molecule has 1 aromatic rings. The standard InChI is InChI=1S/C18H28N2O3/c1-12(2)23-16-7-5-6-15(10-16)13(3)19-18(22)20(4)11-17(21)14-8-9-14/h5-7,10,12-14,17,21H,8-9,11H2,1-4H3,(H,19,22). The van der Waals surface area contributed by atoms with E-state index < -0.39 is 6.10 Å². The lowest BCUT2D eigenvalue weighted by molar-refractivity contribution is 0.113. The average Bonchev–Trinajstić information content (AvgIpc) is 3.31. The van der Waals surface area contributed by atoms with Gasteiger partial charge in [0.1, 0.15) is 5.75 Å². The highest BCUT2D eigenvalue weighted by molar-refractivity contribution is 5.74. The second-order valence-electron chi connectivity index (χ2n) is 6.70. The minimum Gasteiger partial charge on any atom is -0.491 e. The van der Waals surface area contributed by atoms with E-state index in [0.29, 0.717) is 12.5 Å². The van der Waals surface area contributed by atoms with Crippen molar-refractivity contribution in [2.24, 2.45) is 5.92 Å². The fourth-order valence-corrected chi connectivity index (χ4v) is 2.50. The van der Waals surface area contributed by atoms with Crippen LogP contribution in [0, 0.1) is 5.92 Å². The monoisotopic (exact) mass is 320 g/mol. The molecule has 2 N–H and O–H groups in total. The molecule has 1 aliphatic rings. The molecular weight excluding hydrogens is 292 g/mol. The highest BCUT2D eigenvalue weighted by atomic mass is 16.5. The van der Waals surface area contributed by atoms with Gasteiger partial charge in [-0.05, 0) is 57.2 Å². The molecule has 0 heterocycles. The molecule has 0 radical (unpaired) electrons. The molecule has 0 spiro atoms. The molecule has 128 valence electrons. The first-order chi connectivity index (χ1) is 10.9. The Labute approximate surface area is 138 Å². The molecule has 2 rings (SSSR count). The summed E-state index contributed by atoms with van der Waals surface area (Å²) in [5, 5.41) is 12.9. The number of likely N-dealkylation sites (N-methyl/N-ethyl adjacent to an activating group) is 1. The van der Waals surface area contributed by atoms with Crippen molar-refractivity contribution in [2.45, 2.75) is 51.9 Å². The minimum absolute atomic E-state index is 0.116. The van der Waals surface area contributed by atoms with Crippen LogP contribution in [0.5, 0.6) is 5.75 Å². The number of rotatable bonds is 7. The third-order valence-corrected chi connectivity index (χ3v) is 4.04. The first-order valence-corrected chi connectivity index (χ1v) is 8.33. The maximum atomic E-state index is 12.2. The first-order valence-electron chi connectivity index (χ1n) is 8.33. The zero-order valence-corrected chi connectivity index (χ0v) is 14.5. The fourth-order valence-electron chi connectivity index (χ4n) is 2.50. The van der Waals surface area contributed by atoms with Crippen LogP contribution in [0.4, 0.5) is 4.79 Å². The van der Waals surface area contributed by atoms with E-state index in [4.69, 9.17) is 4.74 Å². The molecule has 2 unspecified atom stereocenters. The molecule has 1 aromatic carbocycles. The summed E-state index contributed by atoms with van der Waals surface area (Å²) in [5.74, 6) is 1.17. The molecule has 5 heteroatoms. The summed E-state index contributed by atoms with van der Waals surface area (Å²) >= 11 is 0. The number of nitrogens with zero attached hydrogens (tertiary/aromatic N) is 1. The van der Waals surface area contributed by atoms with E-state index in [1.165, 1.54) is 0 Å². The van der Waals surface area contributed by atoms with Gasteiger partial charge in [-0.2, -0.15) is 0 Å². The SMILES string of the molecule is CC(C)Oc1cccc(C(C)NC(=O)N(C)CC(O)C2CC2)c1. The summed E-state index contributed by atoms with van der Waals surface area (Å²) in [6.07, 6.45) is 1.83. The van der Waals surface area contributed by atoms with Crippen molar-refractivity contribution in [3.63, 3.8) is 0 Å². The lowest BCUT2D eigenvalue weighted by atomic mass is 10.1. The number of carbonyl (C=O) groups excluding carboxylic acids is 1. The second kappa shape index (κ2) is 7.68. The van der Waals surface area contributed by atoms with Crippen LogP contribution in [-0.4, -0.2) is 41.8 Å². The van der Waals surface area contributed by atoms with Gasteiger partial charge in [0, 0.05) is 13.6 Å². The van der Waals surface area contributed by atoms with Gasteiger partial charge >= 0.3 is 6.03 Å². The van der Waals surface area contributed by atoms with Gasteiger partial charge < -0.3 is 20.1 Å². The van der Waals surface area contributed by atoms with Gasteiger partial charge in [0.15, 0.2) is 0 Å². The molecule has 0 aliphatic heterocycles. The number of urea groups is 1. The van der Waals surface area contributed by atoms with Gasteiger partial charge in [-0.15, -0.1) is 0 Å². The molecule has 0 saturated heterocycles. The normalized spacial score (nSPS) is 16.8. The van der Waals surface area contributed by atoms with Gasteiger partial charge in [-0.1, -0.05) is 12.1 Å². The molecule has 0 aromatic heterocycles. The van der Waals surface area contributed by atoms with Crippen molar-refractivity contribution < 1.29 is 14.6 Å². The Balaban J connectivity index is 1.89. The van der Waals surface area contributed by atoms with E-state index in [2.05, 4.69) is 5.32 Å². The summed E-state index contributed by atoms with van der Waals surface area (Å²) in [6.45, 7) is 6.29. The molecular formula is C18H28N2O3. The van der Waals surface area contributed by atoms with Crippen LogP contribution in [0.2, 0.25) is 0 Å². The Kier molecular flexibility index (Phi) is 5.88. The highest BCUT2D eigenvalue weighted by Crippen LogP contribution is 2.32. The maximum absolute atomic E-state index is 12.2. The van der Waals surface area contributed by atoms with Crippen molar-refractivity contribution in [2.75, 3.05) is 13.6 Å². The smallest absolute Gasteiger partial charge is 0.317 e. The Hall–Kier alpha value is -1.75. The van der Waals surface area contributed by atoms with E-state index in [0.717, 1.165) is 24.2 Å². The quantitative estimate of drug-likeness (QED) is 0.812. The molecule has 1 saturated carbocycles. The minimum atomic E-state index is -0.413. The van der Waals surface area contributed by atoms with E-state index in [1.54, 1.807) is 11.9 Å². The lowest BCUT2D eigenvalue weighted by Gasteiger charge is -2.24. The topological polar surface area (TPSA) is 61.8 Å². The molecule has 23 heavy (non-hydrogen) atoms. The lowest BCUT2D eigenvalue weighted by Crippen LogP contribution is -2.42. The second-order valence-corrected chi connectivity index (χ2v) is 6.70. The first kappa shape index (κ1) is 17.6. The molecule has 0 bridgehead atoms. The Morgan fingerprint density at radius 1 is 1.39 bits per heavy atom. The maximum Gasteiger partial charge on any atom is 0.317 e. The fraction of sp³-hybridized carbons (Fsp3) is 0.611. The van der Waals surface area contributed by atoms with Crippen molar-refractivity contribution in [3.8, 4) is 5.75 Å². The van der Waals surface area contributed by atoms with Gasteiger partial charge in [-0.3, -0.25) is 0 Å². The number of benzene rings is 1. The van der Waals surface area contributed by atoms with Crippen molar-refractivity contribution in [1.82, 2.24) is 10.2 Å². The Morgan fingerprint density at radius 3 is 2.70 bits per heavy atom. The van der Waals surface area contributed by atoms with E-state index >= 15 is 0 Å². The molecule has 2 atom stereocenters. The number of aliphatic hydroxyl groups is 1.